The van der Waals surface area contributed by atoms with Crippen LogP contribution in [-0.4, -0.2) is 31.1 Å². The van der Waals surface area contributed by atoms with Gasteiger partial charge in [-0.3, -0.25) is 0 Å². The van der Waals surface area contributed by atoms with Gasteiger partial charge in [0, 0.05) is 24.6 Å². The van der Waals surface area contributed by atoms with Gasteiger partial charge in [0.1, 0.15) is 0 Å². The summed E-state index contributed by atoms with van der Waals surface area (Å²) in [5, 5.41) is 0.686. The monoisotopic (exact) mass is 516 g/mol. The van der Waals surface area contributed by atoms with E-state index in [4.69, 9.17) is 9.47 Å². The lowest BCUT2D eigenvalue weighted by molar-refractivity contribution is -0.137. The fourth-order valence-electron chi connectivity index (χ4n) is 3.88. The fourth-order valence-corrected chi connectivity index (χ4v) is 4.06. The van der Waals surface area contributed by atoms with Gasteiger partial charge in [-0.25, -0.2) is 4.79 Å². The summed E-state index contributed by atoms with van der Waals surface area (Å²) < 4.78 is 10.9. The fraction of sp³-hybridized carbons (Fsp3) is 0.893. The molecule has 0 aromatic heterocycles. The largest absolute Gasteiger partial charge is 0.463 e. The second-order valence-electron chi connectivity index (χ2n) is 9.05. The lowest BCUT2D eigenvalue weighted by atomic mass is 10.0. The van der Waals surface area contributed by atoms with E-state index in [9.17, 15) is 4.79 Å². The van der Waals surface area contributed by atoms with Gasteiger partial charge in [-0.1, -0.05) is 138 Å². The number of esters is 1. The Bertz CT molecular complexity index is 398. The van der Waals surface area contributed by atoms with Crippen molar-refractivity contribution in [1.82, 2.24) is 0 Å². The highest BCUT2D eigenvalue weighted by atomic mass is 79.9. The molecule has 0 radical (unpaired) electrons. The highest BCUT2D eigenvalue weighted by Gasteiger charge is 1.97. The Balaban J connectivity index is 3.06. The third-order valence-electron chi connectivity index (χ3n) is 5.91. The molecular weight excluding hydrogens is 464 g/mol. The van der Waals surface area contributed by atoms with Gasteiger partial charge < -0.3 is 9.47 Å². The molecule has 3 nitrogen and oxygen atoms in total. The minimum atomic E-state index is -0.236. The van der Waals surface area contributed by atoms with Crippen LogP contribution in [0.15, 0.2) is 12.2 Å². The molecule has 0 N–H and O–H groups in total. The molecule has 4 heteroatoms. The normalized spacial score (nSPS) is 11.4. The van der Waals surface area contributed by atoms with Crippen molar-refractivity contribution in [2.45, 2.75) is 135 Å². The number of hydrogen-bond donors (Lipinski definition) is 0. The summed E-state index contributed by atoms with van der Waals surface area (Å²) in [4.78, 5) is 11.3. The van der Waals surface area contributed by atoms with E-state index in [0.29, 0.717) is 11.9 Å². The van der Waals surface area contributed by atoms with Crippen molar-refractivity contribution in [1.29, 1.82) is 0 Å². The average Bonchev–Trinajstić information content (AvgIpc) is 2.80. The Hall–Kier alpha value is -0.350. The van der Waals surface area contributed by atoms with Crippen molar-refractivity contribution in [3.8, 4) is 0 Å². The van der Waals surface area contributed by atoms with E-state index in [1.807, 2.05) is 0 Å². The maximum atomic E-state index is 11.3. The van der Waals surface area contributed by atoms with Crippen LogP contribution < -0.4 is 0 Å². The van der Waals surface area contributed by atoms with Crippen LogP contribution in [-0.2, 0) is 14.3 Å². The van der Waals surface area contributed by atoms with E-state index in [1.165, 1.54) is 122 Å². The predicted molar refractivity (Wildman–Crippen MR) is 143 cm³/mol. The van der Waals surface area contributed by atoms with Crippen LogP contribution in [0, 0.1) is 0 Å². The minimum Gasteiger partial charge on any atom is -0.463 e. The van der Waals surface area contributed by atoms with Gasteiger partial charge in [0.15, 0.2) is 0 Å². The van der Waals surface area contributed by atoms with Gasteiger partial charge in [-0.05, 0) is 19.3 Å². The lowest BCUT2D eigenvalue weighted by Crippen LogP contribution is -2.02. The van der Waals surface area contributed by atoms with E-state index in [0.717, 1.165) is 26.1 Å². The molecule has 0 saturated carbocycles. The molecule has 190 valence electrons. The van der Waals surface area contributed by atoms with Crippen LogP contribution in [0.5, 0.6) is 0 Å². The first-order chi connectivity index (χ1) is 15.8. The number of unbranched alkanes of at least 4 members (excludes halogenated alkanes) is 18. The van der Waals surface area contributed by atoms with Crippen LogP contribution in [0.2, 0.25) is 0 Å². The molecule has 0 aliphatic rings. The molecule has 32 heavy (non-hydrogen) atoms. The molecule has 0 saturated heterocycles. The molecule has 0 heterocycles. The van der Waals surface area contributed by atoms with Crippen LogP contribution in [0.1, 0.15) is 135 Å². The molecule has 0 rings (SSSR count). The molecule has 0 amide bonds. The average molecular weight is 518 g/mol. The van der Waals surface area contributed by atoms with E-state index >= 15 is 0 Å². The lowest BCUT2D eigenvalue weighted by Gasteiger charge is -2.05. The summed E-state index contributed by atoms with van der Waals surface area (Å²) in [5.41, 5.74) is 0. The van der Waals surface area contributed by atoms with Gasteiger partial charge in [0.2, 0.25) is 0 Å². The smallest absolute Gasteiger partial charge is 0.330 e. The summed E-state index contributed by atoms with van der Waals surface area (Å²) in [6, 6.07) is 0. The van der Waals surface area contributed by atoms with Gasteiger partial charge in [-0.2, -0.15) is 0 Å². The van der Waals surface area contributed by atoms with Crippen LogP contribution in [0.25, 0.3) is 0 Å². The topological polar surface area (TPSA) is 35.5 Å². The Morgan fingerprint density at radius 3 is 1.38 bits per heavy atom. The Kier molecular flexibility index (Phi) is 28.4. The molecule has 0 aliphatic heterocycles. The molecule has 0 atom stereocenters. The third-order valence-corrected chi connectivity index (χ3v) is 6.29. The maximum Gasteiger partial charge on any atom is 0.330 e. The number of alkyl halides is 1. The standard InChI is InChI=1S/C28H53BrO3/c1-2-3-4-5-6-7-8-9-10-11-12-13-16-19-25-31-26-20-17-14-15-18-21-27-32-28(30)23-22-24-29/h22-23H,2-21,24-27H2,1H3/b23-22+. The van der Waals surface area contributed by atoms with Gasteiger partial charge >= 0.3 is 5.97 Å². The number of carbonyl (C=O) groups is 1. The molecule has 0 spiro atoms. The summed E-state index contributed by atoms with van der Waals surface area (Å²) in [6.45, 7) is 4.67. The van der Waals surface area contributed by atoms with Crippen molar-refractivity contribution in [2.75, 3.05) is 25.2 Å². The van der Waals surface area contributed by atoms with Crippen LogP contribution >= 0.6 is 15.9 Å². The zero-order valence-electron chi connectivity index (χ0n) is 21.2. The number of ether oxygens (including phenoxy) is 2. The van der Waals surface area contributed by atoms with Crippen LogP contribution in [0.3, 0.4) is 0 Å². The summed E-state index contributed by atoms with van der Waals surface area (Å²) in [6.07, 6.45) is 29.9. The number of halogens is 1. The molecule has 0 unspecified atom stereocenters. The van der Waals surface area contributed by atoms with Gasteiger partial charge in [-0.15, -0.1) is 0 Å². The quantitative estimate of drug-likeness (QED) is 0.0496. The van der Waals surface area contributed by atoms with E-state index < -0.39 is 0 Å². The second kappa shape index (κ2) is 28.7. The van der Waals surface area contributed by atoms with Crippen molar-refractivity contribution in [3.63, 3.8) is 0 Å². The highest BCUT2D eigenvalue weighted by molar-refractivity contribution is 9.09. The summed E-state index contributed by atoms with van der Waals surface area (Å²) >= 11 is 3.24. The molecule has 0 fully saturated rings. The molecular formula is C28H53BrO3. The molecule has 0 bridgehead atoms. The molecule has 0 aromatic rings. The number of allylic oxidation sites excluding steroid dienone is 1. The number of rotatable bonds is 26. The van der Waals surface area contributed by atoms with Crippen LogP contribution in [0.4, 0.5) is 0 Å². The van der Waals surface area contributed by atoms with Crippen molar-refractivity contribution >= 4 is 21.9 Å². The minimum absolute atomic E-state index is 0.236. The van der Waals surface area contributed by atoms with E-state index in [-0.39, 0.29) is 5.97 Å². The Labute approximate surface area is 208 Å². The Morgan fingerprint density at radius 2 is 0.969 bits per heavy atom. The maximum absolute atomic E-state index is 11.3. The first kappa shape index (κ1) is 31.6. The van der Waals surface area contributed by atoms with Gasteiger partial charge in [0.25, 0.3) is 0 Å². The van der Waals surface area contributed by atoms with Crippen molar-refractivity contribution in [2.24, 2.45) is 0 Å². The van der Waals surface area contributed by atoms with Gasteiger partial charge in [0.05, 0.1) is 6.61 Å². The Morgan fingerprint density at radius 1 is 0.594 bits per heavy atom. The predicted octanol–water partition coefficient (Wildman–Crippen LogP) is 9.32. The first-order valence-corrected chi connectivity index (χ1v) is 14.9. The molecule has 0 aromatic carbocycles. The van der Waals surface area contributed by atoms with Crippen molar-refractivity contribution < 1.29 is 14.3 Å². The van der Waals surface area contributed by atoms with Crippen molar-refractivity contribution in [3.05, 3.63) is 12.2 Å². The third kappa shape index (κ3) is 27.7. The first-order valence-electron chi connectivity index (χ1n) is 13.8. The zero-order valence-corrected chi connectivity index (χ0v) is 22.8. The SMILES string of the molecule is CCCCCCCCCCCCCCCCOCCCCCCCCOC(=O)/C=C/CBr. The number of hydrogen-bond acceptors (Lipinski definition) is 3. The number of carbonyl (C=O) groups excluding carboxylic acids is 1. The molecule has 0 aliphatic carbocycles. The zero-order chi connectivity index (χ0) is 23.4. The second-order valence-corrected chi connectivity index (χ2v) is 9.70. The highest BCUT2D eigenvalue weighted by Crippen LogP contribution is 2.13. The van der Waals surface area contributed by atoms with E-state index in [2.05, 4.69) is 22.9 Å². The summed E-state index contributed by atoms with van der Waals surface area (Å²) in [7, 11) is 0. The summed E-state index contributed by atoms with van der Waals surface area (Å²) in [5.74, 6) is -0.236. The van der Waals surface area contributed by atoms with E-state index in [1.54, 1.807) is 6.08 Å².